The average molecular weight is 348 g/mol. The molecule has 26 heavy (non-hydrogen) atoms. The number of carbonyl (C=O) groups excluding carboxylic acids is 1. The summed E-state index contributed by atoms with van der Waals surface area (Å²) >= 11 is 0. The van der Waals surface area contributed by atoms with E-state index in [1.165, 1.54) is 0 Å². The molecule has 1 atom stereocenters. The molecule has 0 spiro atoms. The molecular weight excluding hydrogens is 328 g/mol. The van der Waals surface area contributed by atoms with Crippen LogP contribution >= 0.6 is 0 Å². The second kappa shape index (κ2) is 6.33. The third-order valence-corrected chi connectivity index (χ3v) is 4.75. The number of aliphatic imine (C=N–C) groups is 3. The van der Waals surface area contributed by atoms with E-state index in [0.29, 0.717) is 24.5 Å². The molecule has 0 saturated carbocycles. The van der Waals surface area contributed by atoms with Gasteiger partial charge in [-0.25, -0.2) is 15.0 Å². The van der Waals surface area contributed by atoms with Crippen LogP contribution in [0.15, 0.2) is 51.5 Å². The van der Waals surface area contributed by atoms with Crippen LogP contribution in [0.1, 0.15) is 19.2 Å². The van der Waals surface area contributed by atoms with E-state index in [1.807, 2.05) is 67.0 Å². The minimum absolute atomic E-state index is 0.196. The topological polar surface area (TPSA) is 75.2 Å². The van der Waals surface area contributed by atoms with Crippen molar-refractivity contribution in [2.75, 3.05) is 7.05 Å². The van der Waals surface area contributed by atoms with Gasteiger partial charge in [-0.1, -0.05) is 30.3 Å². The number of hydrogen-bond acceptors (Lipinski definition) is 5. The Kier molecular flexibility index (Phi) is 3.99. The van der Waals surface area contributed by atoms with Crippen LogP contribution in [-0.4, -0.2) is 51.0 Å². The van der Waals surface area contributed by atoms with Crippen molar-refractivity contribution in [3.63, 3.8) is 0 Å². The number of amidine groups is 3. The summed E-state index contributed by atoms with van der Waals surface area (Å²) in [7, 11) is 3.81. The molecule has 0 fully saturated rings. The normalized spacial score (nSPS) is 19.2. The van der Waals surface area contributed by atoms with Crippen LogP contribution in [0.2, 0.25) is 0 Å². The fourth-order valence-electron chi connectivity index (χ4n) is 3.19. The molecule has 0 radical (unpaired) electrons. The first kappa shape index (κ1) is 16.4. The molecule has 2 aliphatic heterocycles. The number of nitrogens with zero attached hydrogens (tertiary/aromatic N) is 6. The van der Waals surface area contributed by atoms with Crippen LogP contribution in [0.5, 0.6) is 0 Å². The van der Waals surface area contributed by atoms with Crippen molar-refractivity contribution < 1.29 is 4.79 Å². The molecule has 132 valence electrons. The summed E-state index contributed by atoms with van der Waals surface area (Å²) in [6.07, 6.45) is 3.23. The van der Waals surface area contributed by atoms with Gasteiger partial charge >= 0.3 is 0 Å². The zero-order valence-corrected chi connectivity index (χ0v) is 15.0. The van der Waals surface area contributed by atoms with Crippen molar-refractivity contribution in [1.29, 1.82) is 0 Å². The highest BCUT2D eigenvalue weighted by molar-refractivity contribution is 6.24. The number of benzene rings is 1. The van der Waals surface area contributed by atoms with E-state index in [2.05, 4.69) is 15.0 Å². The van der Waals surface area contributed by atoms with E-state index in [4.69, 9.17) is 4.98 Å². The molecule has 2 aromatic rings. The summed E-state index contributed by atoms with van der Waals surface area (Å²) in [6.45, 7) is 1.87. The van der Waals surface area contributed by atoms with Gasteiger partial charge in [0, 0.05) is 38.7 Å². The van der Waals surface area contributed by atoms with Gasteiger partial charge in [0.25, 0.3) is 5.91 Å². The van der Waals surface area contributed by atoms with Gasteiger partial charge in [0.05, 0.1) is 5.69 Å². The van der Waals surface area contributed by atoms with Gasteiger partial charge in [-0.15, -0.1) is 0 Å². The second-order valence-electron chi connectivity index (χ2n) is 6.53. The predicted molar refractivity (Wildman–Crippen MR) is 102 cm³/mol. The summed E-state index contributed by atoms with van der Waals surface area (Å²) < 4.78 is 2.01. The Morgan fingerprint density at radius 3 is 2.58 bits per heavy atom. The quantitative estimate of drug-likeness (QED) is 0.849. The first-order valence-corrected chi connectivity index (χ1v) is 8.58. The van der Waals surface area contributed by atoms with Crippen molar-refractivity contribution in [2.45, 2.75) is 25.8 Å². The number of likely N-dealkylation sites (N-methyl/N-ethyl adjacent to an activating group) is 1. The Balaban J connectivity index is 1.50. The molecule has 2 aliphatic rings. The summed E-state index contributed by atoms with van der Waals surface area (Å²) in [5.74, 6) is 2.60. The van der Waals surface area contributed by atoms with Crippen LogP contribution in [0.3, 0.4) is 0 Å². The third kappa shape index (κ3) is 2.85. The lowest BCUT2D eigenvalue weighted by molar-refractivity contribution is -0.119. The summed E-state index contributed by atoms with van der Waals surface area (Å²) in [5, 5.41) is 0. The highest BCUT2D eigenvalue weighted by atomic mass is 16.2. The van der Waals surface area contributed by atoms with Gasteiger partial charge in [0.15, 0.2) is 11.9 Å². The number of aryl methyl sites for hydroxylation is 2. The molecular formula is C19H20N6O. The van der Waals surface area contributed by atoms with Crippen LogP contribution < -0.4 is 0 Å². The molecule has 4 rings (SSSR count). The van der Waals surface area contributed by atoms with Gasteiger partial charge in [0.1, 0.15) is 17.5 Å². The highest BCUT2D eigenvalue weighted by Gasteiger charge is 2.37. The van der Waals surface area contributed by atoms with Crippen molar-refractivity contribution in [3.8, 4) is 11.3 Å². The van der Waals surface area contributed by atoms with Crippen molar-refractivity contribution in [2.24, 2.45) is 22.0 Å². The number of rotatable bonds is 4. The molecule has 0 bridgehead atoms. The largest absolute Gasteiger partial charge is 0.345 e. The maximum atomic E-state index is 12.3. The van der Waals surface area contributed by atoms with Crippen LogP contribution in [0.25, 0.3) is 11.3 Å². The molecule has 1 aromatic heterocycles. The molecule has 7 nitrogen and oxygen atoms in total. The fraction of sp³-hybridized carbons (Fsp3) is 0.316. The van der Waals surface area contributed by atoms with Crippen LogP contribution in [0.4, 0.5) is 0 Å². The molecule has 0 N–H and O–H groups in total. The van der Waals surface area contributed by atoms with E-state index >= 15 is 0 Å². The lowest BCUT2D eigenvalue weighted by atomic mass is 10.2. The van der Waals surface area contributed by atoms with E-state index in [0.717, 1.165) is 22.9 Å². The van der Waals surface area contributed by atoms with Gasteiger partial charge in [-0.3, -0.25) is 4.79 Å². The maximum absolute atomic E-state index is 12.3. The van der Waals surface area contributed by atoms with Crippen molar-refractivity contribution in [3.05, 3.63) is 42.4 Å². The smallest absolute Gasteiger partial charge is 0.278 e. The van der Waals surface area contributed by atoms with E-state index in [1.54, 1.807) is 0 Å². The monoisotopic (exact) mass is 348 g/mol. The lowest BCUT2D eigenvalue weighted by Gasteiger charge is -2.21. The molecule has 0 aliphatic carbocycles. The molecule has 7 heteroatoms. The van der Waals surface area contributed by atoms with Gasteiger partial charge in [0.2, 0.25) is 0 Å². The van der Waals surface area contributed by atoms with Crippen LogP contribution in [-0.2, 0) is 18.3 Å². The number of aromatic nitrogens is 2. The molecule has 3 heterocycles. The van der Waals surface area contributed by atoms with E-state index in [9.17, 15) is 4.79 Å². The fourth-order valence-corrected chi connectivity index (χ4v) is 3.19. The first-order valence-electron chi connectivity index (χ1n) is 8.58. The van der Waals surface area contributed by atoms with E-state index < -0.39 is 6.04 Å². The standard InChI is InChI=1S/C19H20N6O/c1-12-20-18-17(25(12)3)19(26)23-15(22-18)9-10-16-21-14(11-24(16)2)13-7-5-4-6-8-13/h4-8,11,17H,9-10H2,1-3H3. The number of hydrogen-bond donors (Lipinski definition) is 0. The Bertz CT molecular complexity index is 954. The SMILES string of the molecule is CC1=NC2=NC(CCc3nc(-c4ccccc4)cn3C)=NC(=O)C2N1C. The third-order valence-electron chi connectivity index (χ3n) is 4.75. The number of amides is 1. The summed E-state index contributed by atoms with van der Waals surface area (Å²) in [4.78, 5) is 31.9. The molecule has 1 unspecified atom stereocenters. The minimum atomic E-state index is -0.461. The maximum Gasteiger partial charge on any atom is 0.278 e. The number of fused-ring (bicyclic) bond motifs is 1. The molecule has 0 saturated heterocycles. The van der Waals surface area contributed by atoms with Crippen LogP contribution in [0, 0.1) is 0 Å². The predicted octanol–water partition coefficient (Wildman–Crippen LogP) is 2.09. The zero-order valence-electron chi connectivity index (χ0n) is 15.0. The Morgan fingerprint density at radius 2 is 1.81 bits per heavy atom. The minimum Gasteiger partial charge on any atom is -0.345 e. The van der Waals surface area contributed by atoms with E-state index in [-0.39, 0.29) is 5.91 Å². The molecule has 1 amide bonds. The lowest BCUT2D eigenvalue weighted by Crippen LogP contribution is -2.42. The van der Waals surface area contributed by atoms with Gasteiger partial charge in [-0.2, -0.15) is 4.99 Å². The average Bonchev–Trinajstić information content (AvgIpc) is 3.14. The molecule has 1 aromatic carbocycles. The number of imidazole rings is 1. The second-order valence-corrected chi connectivity index (χ2v) is 6.53. The summed E-state index contributed by atoms with van der Waals surface area (Å²) in [5.41, 5.74) is 2.02. The van der Waals surface area contributed by atoms with Crippen molar-refractivity contribution >= 4 is 23.4 Å². The first-order chi connectivity index (χ1) is 12.5. The van der Waals surface area contributed by atoms with Crippen molar-refractivity contribution in [1.82, 2.24) is 14.5 Å². The Hall–Kier alpha value is -3.09. The summed E-state index contributed by atoms with van der Waals surface area (Å²) in [6, 6.07) is 9.61. The Morgan fingerprint density at radius 1 is 1.04 bits per heavy atom. The highest BCUT2D eigenvalue weighted by Crippen LogP contribution is 2.20. The Labute approximate surface area is 151 Å². The van der Waals surface area contributed by atoms with Gasteiger partial charge < -0.3 is 9.47 Å². The zero-order chi connectivity index (χ0) is 18.3. The van der Waals surface area contributed by atoms with Gasteiger partial charge in [-0.05, 0) is 6.92 Å². The number of carbonyl (C=O) groups is 1.